The Morgan fingerprint density at radius 2 is 1.62 bits per heavy atom. The van der Waals surface area contributed by atoms with E-state index in [1.165, 1.54) is 0 Å². The Morgan fingerprint density at radius 1 is 0.950 bits per heavy atom. The molecule has 0 spiro atoms. The normalized spacial score (nSPS) is 41.5. The first-order valence-electron chi connectivity index (χ1n) is 15.9. The number of carbonyl (C=O) groups is 1. The molecule has 3 N–H and O–H groups in total. The van der Waals surface area contributed by atoms with Crippen molar-refractivity contribution in [3.8, 4) is 0 Å². The van der Waals surface area contributed by atoms with Gasteiger partial charge in [-0.15, -0.1) is 0 Å². The van der Waals surface area contributed by atoms with Crippen LogP contribution in [0.4, 0.5) is 0 Å². The van der Waals surface area contributed by atoms with Crippen LogP contribution in [0.5, 0.6) is 0 Å². The first-order chi connectivity index (χ1) is 18.5. The second-order valence-electron chi connectivity index (χ2n) is 15.4. The van der Waals surface area contributed by atoms with Crippen LogP contribution in [0.2, 0.25) is 18.1 Å². The molecule has 4 aliphatic carbocycles. The number of hydrogen-bond donors (Lipinski definition) is 3. The van der Waals surface area contributed by atoms with Crippen LogP contribution in [0.15, 0.2) is 0 Å². The lowest BCUT2D eigenvalue weighted by Gasteiger charge is -2.63. The van der Waals surface area contributed by atoms with E-state index in [1.54, 1.807) is 6.92 Å². The van der Waals surface area contributed by atoms with Crippen LogP contribution in [-0.2, 0) is 18.7 Å². The van der Waals surface area contributed by atoms with Gasteiger partial charge in [-0.05, 0) is 119 Å². The highest BCUT2D eigenvalue weighted by molar-refractivity contribution is 6.74. The first kappa shape index (κ1) is 32.1. The standard InChI is InChI=1S/C32H57NO6Si/c1-9-37-20-30(35)17-18-31(21-39-40(7,8)28(3,4)5)22(19-30)11-12-23-24-14-16-32(36,26(33)27(34)38-10-2)29(24,6)15-13-25(23)31/h22-25,33,35-36H,9-21H2,1-8H3/t22-,23+,24+,25+,29+,30-,31-,32?/m1/s1. The molecule has 0 saturated heterocycles. The highest BCUT2D eigenvalue weighted by atomic mass is 28.4. The third-order valence-electron chi connectivity index (χ3n) is 12.6. The Hall–Kier alpha value is -0.803. The molecule has 4 rings (SSSR count). The summed E-state index contributed by atoms with van der Waals surface area (Å²) in [7, 11) is -1.99. The fraction of sp³-hybridized carbons (Fsp3) is 0.938. The highest BCUT2D eigenvalue weighted by Gasteiger charge is 2.68. The monoisotopic (exact) mass is 579 g/mol. The highest BCUT2D eigenvalue weighted by Crippen LogP contribution is 2.69. The Balaban J connectivity index is 1.65. The van der Waals surface area contributed by atoms with Gasteiger partial charge >= 0.3 is 5.97 Å². The van der Waals surface area contributed by atoms with Crippen LogP contribution in [0.25, 0.3) is 0 Å². The minimum Gasteiger partial charge on any atom is -0.461 e. The molecule has 8 atom stereocenters. The van der Waals surface area contributed by atoms with Gasteiger partial charge in [0.15, 0.2) is 8.32 Å². The molecule has 0 heterocycles. The second-order valence-corrected chi connectivity index (χ2v) is 20.3. The van der Waals surface area contributed by atoms with Crippen molar-refractivity contribution in [2.45, 2.75) is 129 Å². The van der Waals surface area contributed by atoms with Gasteiger partial charge < -0.3 is 24.1 Å². The average molecular weight is 580 g/mol. The smallest absolute Gasteiger partial charge is 0.355 e. The summed E-state index contributed by atoms with van der Waals surface area (Å²) in [6.07, 6.45) is 7.54. The van der Waals surface area contributed by atoms with Gasteiger partial charge in [0, 0.05) is 18.6 Å². The molecule has 0 aromatic carbocycles. The molecule has 0 aliphatic heterocycles. The van der Waals surface area contributed by atoms with Crippen molar-refractivity contribution in [1.82, 2.24) is 0 Å². The second kappa shape index (κ2) is 11.0. The molecule has 1 unspecified atom stereocenters. The summed E-state index contributed by atoms with van der Waals surface area (Å²) in [5.74, 6) is 0.809. The van der Waals surface area contributed by atoms with Crippen molar-refractivity contribution in [3.05, 3.63) is 0 Å². The number of rotatable bonds is 9. The van der Waals surface area contributed by atoms with Gasteiger partial charge in [-0.1, -0.05) is 27.7 Å². The summed E-state index contributed by atoms with van der Waals surface area (Å²) in [6, 6.07) is 0. The number of hydrogen-bond acceptors (Lipinski definition) is 7. The number of ether oxygens (including phenoxy) is 2. The van der Waals surface area contributed by atoms with Gasteiger partial charge in [0.05, 0.1) is 18.8 Å². The van der Waals surface area contributed by atoms with Crippen LogP contribution in [0.3, 0.4) is 0 Å². The number of aliphatic hydroxyl groups is 2. The topological polar surface area (TPSA) is 109 Å². The van der Waals surface area contributed by atoms with E-state index in [1.807, 2.05) is 6.92 Å². The maximum absolute atomic E-state index is 12.6. The maximum atomic E-state index is 12.6. The van der Waals surface area contributed by atoms with E-state index in [0.29, 0.717) is 37.4 Å². The van der Waals surface area contributed by atoms with Gasteiger partial charge in [-0.25, -0.2) is 4.79 Å². The summed E-state index contributed by atoms with van der Waals surface area (Å²) in [5.41, 5.74) is -3.01. The fourth-order valence-corrected chi connectivity index (χ4v) is 10.2. The first-order valence-corrected chi connectivity index (χ1v) is 18.8. The summed E-state index contributed by atoms with van der Waals surface area (Å²) in [4.78, 5) is 12.6. The molecule has 0 aromatic rings. The molecule has 4 saturated carbocycles. The molecule has 4 aliphatic rings. The lowest BCUT2D eigenvalue weighted by atomic mass is 9.43. The van der Waals surface area contributed by atoms with E-state index in [9.17, 15) is 15.0 Å². The lowest BCUT2D eigenvalue weighted by molar-refractivity contribution is -0.188. The van der Waals surface area contributed by atoms with Gasteiger partial charge in [-0.3, -0.25) is 5.41 Å². The van der Waals surface area contributed by atoms with Gasteiger partial charge in [-0.2, -0.15) is 0 Å². The van der Waals surface area contributed by atoms with Crippen LogP contribution in [0.1, 0.15) is 99.3 Å². The maximum Gasteiger partial charge on any atom is 0.355 e. The molecule has 0 aromatic heterocycles. The number of fused-ring (bicyclic) bond motifs is 5. The molecule has 7 nitrogen and oxygen atoms in total. The third-order valence-corrected chi connectivity index (χ3v) is 17.1. The van der Waals surface area contributed by atoms with Crippen LogP contribution in [-0.4, -0.2) is 67.8 Å². The van der Waals surface area contributed by atoms with Crippen molar-refractivity contribution < 1.29 is 28.9 Å². The van der Waals surface area contributed by atoms with E-state index in [4.69, 9.17) is 19.3 Å². The number of esters is 1. The number of carbonyl (C=O) groups excluding carboxylic acids is 1. The molecular formula is C32H57NO6Si. The van der Waals surface area contributed by atoms with Crippen LogP contribution >= 0.6 is 0 Å². The van der Waals surface area contributed by atoms with E-state index >= 15 is 0 Å². The lowest BCUT2D eigenvalue weighted by Crippen LogP contribution is -2.62. The van der Waals surface area contributed by atoms with Crippen molar-refractivity contribution in [1.29, 1.82) is 5.41 Å². The Kier molecular flexibility index (Phi) is 8.86. The zero-order chi connectivity index (χ0) is 29.8. The third kappa shape index (κ3) is 5.16. The summed E-state index contributed by atoms with van der Waals surface area (Å²) >= 11 is 0. The molecule has 8 heteroatoms. The minimum absolute atomic E-state index is 0.00638. The molecule has 4 fully saturated rings. The predicted octanol–water partition coefficient (Wildman–Crippen LogP) is 6.11. The Morgan fingerprint density at radius 3 is 2.25 bits per heavy atom. The van der Waals surface area contributed by atoms with Crippen molar-refractivity contribution in [2.24, 2.45) is 34.5 Å². The molecule has 0 amide bonds. The van der Waals surface area contributed by atoms with Gasteiger partial charge in [0.1, 0.15) is 11.3 Å². The largest absolute Gasteiger partial charge is 0.461 e. The van der Waals surface area contributed by atoms with Crippen LogP contribution < -0.4 is 0 Å². The van der Waals surface area contributed by atoms with Crippen molar-refractivity contribution in [2.75, 3.05) is 26.4 Å². The fourth-order valence-electron chi connectivity index (χ4n) is 9.16. The zero-order valence-electron chi connectivity index (χ0n) is 26.5. The van der Waals surface area contributed by atoms with E-state index < -0.39 is 30.9 Å². The number of nitrogens with one attached hydrogen (secondary N) is 1. The van der Waals surface area contributed by atoms with Gasteiger partial charge in [0.25, 0.3) is 0 Å². The molecule has 0 radical (unpaired) electrons. The van der Waals surface area contributed by atoms with Crippen molar-refractivity contribution in [3.63, 3.8) is 0 Å². The summed E-state index contributed by atoms with van der Waals surface area (Å²) < 4.78 is 18.0. The molecular weight excluding hydrogens is 522 g/mol. The molecule has 40 heavy (non-hydrogen) atoms. The SMILES string of the molecule is CCOC[C@@]1(O)CC[C@@]2(CO[Si](C)(C)C(C)(C)C)[C@H](CC[C@@H]3[C@@H]2CC[C@@]2(C)[C@H]3CCC2(O)C(=N)C(=O)OCC)C1. The average Bonchev–Trinajstić information content (AvgIpc) is 3.17. The van der Waals surface area contributed by atoms with Crippen molar-refractivity contribution >= 4 is 20.0 Å². The minimum atomic E-state index is -1.99. The summed E-state index contributed by atoms with van der Waals surface area (Å²) in [6.45, 7) is 19.4. The zero-order valence-corrected chi connectivity index (χ0v) is 27.5. The Labute approximate surface area is 243 Å². The van der Waals surface area contributed by atoms with Gasteiger partial charge in [0.2, 0.25) is 0 Å². The summed E-state index contributed by atoms with van der Waals surface area (Å²) in [5, 5.41) is 32.3. The van der Waals surface area contributed by atoms with E-state index in [2.05, 4.69) is 40.8 Å². The quantitative estimate of drug-likeness (QED) is 0.173. The van der Waals surface area contributed by atoms with Crippen LogP contribution in [0, 0.1) is 39.9 Å². The predicted molar refractivity (Wildman–Crippen MR) is 160 cm³/mol. The Bertz CT molecular complexity index is 966. The van der Waals surface area contributed by atoms with E-state index in [-0.39, 0.29) is 28.7 Å². The molecule has 0 bridgehead atoms. The van der Waals surface area contributed by atoms with E-state index in [0.717, 1.165) is 58.0 Å². The molecule has 230 valence electrons.